The summed E-state index contributed by atoms with van der Waals surface area (Å²) in [4.78, 5) is 20.0. The zero-order valence-corrected chi connectivity index (χ0v) is 16.3. The molecule has 32 heavy (non-hydrogen) atoms. The van der Waals surface area contributed by atoms with Crippen LogP contribution in [0.25, 0.3) is 55.8 Å². The number of aromatic nitrogens is 7. The number of rotatable bonds is 3. The van der Waals surface area contributed by atoms with Crippen molar-refractivity contribution >= 4 is 21.9 Å². The van der Waals surface area contributed by atoms with Gasteiger partial charge in [-0.3, -0.25) is 10.1 Å². The predicted molar refractivity (Wildman–Crippen MR) is 115 cm³/mol. The number of aromatic amines is 2. The summed E-state index contributed by atoms with van der Waals surface area (Å²) in [5, 5.41) is 7.42. The molecular weight excluding hydrogens is 412 g/mol. The number of benzene rings is 2. The number of H-pyrrole nitrogens is 2. The summed E-state index contributed by atoms with van der Waals surface area (Å²) in [6.45, 7) is 0. The van der Waals surface area contributed by atoms with Gasteiger partial charge in [0.15, 0.2) is 5.82 Å². The molecule has 4 heterocycles. The molecule has 4 aromatic heterocycles. The van der Waals surface area contributed by atoms with Crippen LogP contribution in [0.15, 0.2) is 67.4 Å². The minimum absolute atomic E-state index is 0.283. The molecule has 6 aromatic rings. The first-order valence-electron chi connectivity index (χ1n) is 9.72. The van der Waals surface area contributed by atoms with Gasteiger partial charge in [-0.25, -0.2) is 23.7 Å². The van der Waals surface area contributed by atoms with Gasteiger partial charge in [-0.15, -0.1) is 0 Å². The van der Waals surface area contributed by atoms with Gasteiger partial charge in [0, 0.05) is 35.3 Å². The predicted octanol–water partition coefficient (Wildman–Crippen LogP) is 4.90. The van der Waals surface area contributed by atoms with Crippen LogP contribution in [0.3, 0.4) is 0 Å². The lowest BCUT2D eigenvalue weighted by molar-refractivity contribution is 0.631. The number of pyridine rings is 1. The van der Waals surface area contributed by atoms with Crippen LogP contribution in [0, 0.1) is 11.6 Å². The summed E-state index contributed by atoms with van der Waals surface area (Å²) in [7, 11) is 0. The third-order valence-electron chi connectivity index (χ3n) is 5.29. The number of hydrogen-bond donors (Lipinski definition) is 2. The minimum atomic E-state index is -0.464. The molecule has 0 amide bonds. The average molecular weight is 425 g/mol. The molecule has 0 saturated carbocycles. The van der Waals surface area contributed by atoms with Gasteiger partial charge in [0.25, 0.3) is 0 Å². The summed E-state index contributed by atoms with van der Waals surface area (Å²) in [6.07, 6.45) is 6.05. The van der Waals surface area contributed by atoms with Crippen molar-refractivity contribution in [3.8, 4) is 33.9 Å². The lowest BCUT2D eigenvalue weighted by Crippen LogP contribution is -1.90. The Balaban J connectivity index is 1.56. The van der Waals surface area contributed by atoms with Gasteiger partial charge in [0.05, 0.1) is 16.4 Å². The number of hydrogen-bond acceptors (Lipinski definition) is 5. The van der Waals surface area contributed by atoms with Crippen LogP contribution >= 0.6 is 0 Å². The maximum Gasteiger partial charge on any atom is 0.159 e. The summed E-state index contributed by atoms with van der Waals surface area (Å²) >= 11 is 0. The van der Waals surface area contributed by atoms with E-state index in [1.807, 2.05) is 0 Å². The molecule has 6 rings (SSSR count). The molecule has 2 aromatic carbocycles. The molecule has 154 valence electrons. The van der Waals surface area contributed by atoms with Crippen LogP contribution in [-0.2, 0) is 0 Å². The lowest BCUT2D eigenvalue weighted by Gasteiger charge is -2.04. The van der Waals surface area contributed by atoms with Crippen LogP contribution in [0.2, 0.25) is 0 Å². The van der Waals surface area contributed by atoms with Gasteiger partial charge >= 0.3 is 0 Å². The second kappa shape index (κ2) is 7.02. The van der Waals surface area contributed by atoms with Crippen molar-refractivity contribution in [1.82, 2.24) is 35.1 Å². The minimum Gasteiger partial charge on any atom is -0.336 e. The highest BCUT2D eigenvalue weighted by Crippen LogP contribution is 2.34. The highest BCUT2D eigenvalue weighted by atomic mass is 19.1. The van der Waals surface area contributed by atoms with Crippen molar-refractivity contribution in [3.05, 3.63) is 79.0 Å². The maximum atomic E-state index is 15.6. The second-order valence-electron chi connectivity index (χ2n) is 7.17. The normalized spacial score (nSPS) is 11.4. The monoisotopic (exact) mass is 425 g/mol. The van der Waals surface area contributed by atoms with Crippen LogP contribution in [0.4, 0.5) is 8.78 Å². The number of nitrogens with one attached hydrogen (secondary N) is 2. The average Bonchev–Trinajstić information content (AvgIpc) is 3.45. The first kappa shape index (κ1) is 18.3. The fourth-order valence-corrected chi connectivity index (χ4v) is 3.80. The quantitative estimate of drug-likeness (QED) is 0.420. The largest absolute Gasteiger partial charge is 0.336 e. The number of fused-ring (bicyclic) bond motifs is 2. The molecule has 0 spiro atoms. The first-order valence-corrected chi connectivity index (χ1v) is 9.72. The Morgan fingerprint density at radius 2 is 1.66 bits per heavy atom. The SMILES string of the molecule is Fc1ccccc1-c1nccc2[nH]c(-c3n[nH]c4ccc(-c5cncnc5)c(F)c34)nc12. The molecule has 0 radical (unpaired) electrons. The fourth-order valence-electron chi connectivity index (χ4n) is 3.80. The van der Waals surface area contributed by atoms with Crippen LogP contribution in [0.1, 0.15) is 0 Å². The topological polar surface area (TPSA) is 96.0 Å². The van der Waals surface area contributed by atoms with Gasteiger partial charge in [-0.05, 0) is 30.3 Å². The van der Waals surface area contributed by atoms with Gasteiger partial charge in [-0.2, -0.15) is 5.10 Å². The Bertz CT molecular complexity index is 1610. The Hall–Kier alpha value is -4.53. The van der Waals surface area contributed by atoms with Gasteiger partial charge < -0.3 is 4.98 Å². The van der Waals surface area contributed by atoms with E-state index in [0.717, 1.165) is 0 Å². The number of imidazole rings is 1. The van der Waals surface area contributed by atoms with Gasteiger partial charge in [0.1, 0.15) is 34.9 Å². The molecule has 7 nitrogen and oxygen atoms in total. The molecule has 0 unspecified atom stereocenters. The highest BCUT2D eigenvalue weighted by Gasteiger charge is 2.21. The zero-order valence-electron chi connectivity index (χ0n) is 16.3. The Morgan fingerprint density at radius 1 is 0.812 bits per heavy atom. The summed E-state index contributed by atoms with van der Waals surface area (Å²) in [5.41, 5.74) is 3.57. The van der Waals surface area contributed by atoms with Crippen molar-refractivity contribution in [2.75, 3.05) is 0 Å². The standard InChI is InChI=1S/C23H13F2N7/c24-15-4-2-1-3-14(15)20-21-17(7-8-28-20)29-23(30-21)22-18-16(31-32-22)6-5-13(19(18)25)12-9-26-11-27-10-12/h1-11H,(H,29,30)(H,31,32). The van der Waals surface area contributed by atoms with Crippen molar-refractivity contribution in [1.29, 1.82) is 0 Å². The Labute approximate surface area is 179 Å². The third kappa shape index (κ3) is 2.75. The molecule has 9 heteroatoms. The van der Waals surface area contributed by atoms with Crippen molar-refractivity contribution in [2.24, 2.45) is 0 Å². The second-order valence-corrected chi connectivity index (χ2v) is 7.17. The van der Waals surface area contributed by atoms with Crippen molar-refractivity contribution in [3.63, 3.8) is 0 Å². The van der Waals surface area contributed by atoms with E-state index in [0.29, 0.717) is 50.5 Å². The van der Waals surface area contributed by atoms with E-state index >= 15 is 4.39 Å². The zero-order chi connectivity index (χ0) is 21.7. The van der Waals surface area contributed by atoms with E-state index in [9.17, 15) is 4.39 Å². The van der Waals surface area contributed by atoms with Gasteiger partial charge in [-0.1, -0.05) is 12.1 Å². The lowest BCUT2D eigenvalue weighted by atomic mass is 10.0. The molecule has 0 saturated heterocycles. The van der Waals surface area contributed by atoms with E-state index in [1.165, 1.54) is 12.4 Å². The summed E-state index contributed by atoms with van der Waals surface area (Å²) in [5.74, 6) is -0.519. The summed E-state index contributed by atoms with van der Waals surface area (Å²) in [6, 6.07) is 11.5. The molecule has 0 aliphatic carbocycles. The molecule has 0 fully saturated rings. The van der Waals surface area contributed by atoms with E-state index in [2.05, 4.69) is 35.1 Å². The van der Waals surface area contributed by atoms with E-state index < -0.39 is 11.6 Å². The Kier molecular flexibility index (Phi) is 4.00. The molecular formula is C23H13F2N7. The van der Waals surface area contributed by atoms with E-state index in [1.54, 1.807) is 55.0 Å². The van der Waals surface area contributed by atoms with Crippen molar-refractivity contribution in [2.45, 2.75) is 0 Å². The van der Waals surface area contributed by atoms with Crippen LogP contribution in [-0.4, -0.2) is 35.1 Å². The molecule has 0 atom stereocenters. The van der Waals surface area contributed by atoms with Crippen LogP contribution < -0.4 is 0 Å². The highest BCUT2D eigenvalue weighted by molar-refractivity contribution is 5.98. The third-order valence-corrected chi connectivity index (χ3v) is 5.29. The molecule has 0 aliphatic heterocycles. The van der Waals surface area contributed by atoms with Gasteiger partial charge in [0.2, 0.25) is 0 Å². The fraction of sp³-hybridized carbons (Fsp3) is 0. The first-order chi connectivity index (χ1) is 15.7. The molecule has 0 bridgehead atoms. The maximum absolute atomic E-state index is 15.6. The molecule has 0 aliphatic rings. The van der Waals surface area contributed by atoms with E-state index in [4.69, 9.17) is 0 Å². The molecule has 2 N–H and O–H groups in total. The smallest absolute Gasteiger partial charge is 0.159 e. The summed E-state index contributed by atoms with van der Waals surface area (Å²) < 4.78 is 30.0. The number of nitrogens with zero attached hydrogens (tertiary/aromatic N) is 5. The number of halogens is 2. The van der Waals surface area contributed by atoms with Crippen LogP contribution in [0.5, 0.6) is 0 Å². The van der Waals surface area contributed by atoms with E-state index in [-0.39, 0.29) is 5.39 Å². The Morgan fingerprint density at radius 3 is 2.50 bits per heavy atom. The van der Waals surface area contributed by atoms with Crippen molar-refractivity contribution < 1.29 is 8.78 Å².